The molecule has 0 saturated carbocycles. The maximum absolute atomic E-state index is 12.3. The summed E-state index contributed by atoms with van der Waals surface area (Å²) in [5.74, 6) is -0.984. The number of hydrogen-bond acceptors (Lipinski definition) is 4. The van der Waals surface area contributed by atoms with Gasteiger partial charge in [0.2, 0.25) is 0 Å². The molecule has 5 nitrogen and oxygen atoms in total. The van der Waals surface area contributed by atoms with E-state index in [1.807, 2.05) is 6.07 Å². The third kappa shape index (κ3) is 4.18. The van der Waals surface area contributed by atoms with Crippen LogP contribution in [0.5, 0.6) is 0 Å². The first-order chi connectivity index (χ1) is 11.0. The lowest BCUT2D eigenvalue weighted by Gasteiger charge is -2.17. The van der Waals surface area contributed by atoms with Crippen molar-refractivity contribution >= 4 is 27.8 Å². The highest BCUT2D eigenvalue weighted by Crippen LogP contribution is 2.19. The first-order valence-electron chi connectivity index (χ1n) is 6.69. The van der Waals surface area contributed by atoms with Gasteiger partial charge in [0.1, 0.15) is 0 Å². The van der Waals surface area contributed by atoms with Crippen molar-refractivity contribution in [2.45, 2.75) is 6.04 Å². The van der Waals surface area contributed by atoms with Crippen LogP contribution >= 0.6 is 15.9 Å². The number of hydrogen-bond donors (Lipinski definition) is 1. The first kappa shape index (κ1) is 16.7. The summed E-state index contributed by atoms with van der Waals surface area (Å²) in [7, 11) is 1.27. The molecular formula is C17H13BrN2O3. The van der Waals surface area contributed by atoms with Gasteiger partial charge >= 0.3 is 5.97 Å². The molecule has 1 unspecified atom stereocenters. The van der Waals surface area contributed by atoms with Crippen LogP contribution in [0.15, 0.2) is 53.0 Å². The molecule has 0 fully saturated rings. The highest BCUT2D eigenvalue weighted by atomic mass is 79.9. The number of rotatable bonds is 4. The number of nitriles is 1. The molecule has 0 saturated heterocycles. The van der Waals surface area contributed by atoms with Gasteiger partial charge in [-0.15, -0.1) is 0 Å². The number of amides is 1. The summed E-state index contributed by atoms with van der Waals surface area (Å²) in [6, 6.07) is 14.2. The van der Waals surface area contributed by atoms with Gasteiger partial charge in [0.15, 0.2) is 6.04 Å². The number of carbonyl (C=O) groups is 2. The smallest absolute Gasteiger partial charge is 0.333 e. The van der Waals surface area contributed by atoms with Gasteiger partial charge in [-0.05, 0) is 42.0 Å². The van der Waals surface area contributed by atoms with Crippen molar-refractivity contribution in [1.29, 1.82) is 5.26 Å². The SMILES string of the molecule is COC(=O)C(NC(=O)c1ccc(C#N)cc1)c1ccc(Br)cc1. The molecule has 2 rings (SSSR count). The Morgan fingerprint density at radius 2 is 1.74 bits per heavy atom. The third-order valence-corrected chi connectivity index (χ3v) is 3.72. The van der Waals surface area contributed by atoms with Crippen molar-refractivity contribution in [3.63, 3.8) is 0 Å². The summed E-state index contributed by atoms with van der Waals surface area (Å²) in [6.07, 6.45) is 0. The Labute approximate surface area is 142 Å². The Morgan fingerprint density at radius 1 is 1.13 bits per heavy atom. The standard InChI is InChI=1S/C17H13BrN2O3/c1-23-17(22)15(12-6-8-14(18)9-7-12)20-16(21)13-4-2-11(10-19)3-5-13/h2-9,15H,1H3,(H,20,21). The normalized spacial score (nSPS) is 11.2. The van der Waals surface area contributed by atoms with Gasteiger partial charge in [-0.1, -0.05) is 28.1 Å². The number of methoxy groups -OCH3 is 1. The monoisotopic (exact) mass is 372 g/mol. The molecule has 1 N–H and O–H groups in total. The molecule has 0 bridgehead atoms. The quantitative estimate of drug-likeness (QED) is 0.836. The van der Waals surface area contributed by atoms with Crippen molar-refractivity contribution in [3.8, 4) is 6.07 Å². The second-order valence-electron chi connectivity index (χ2n) is 4.67. The van der Waals surface area contributed by atoms with Gasteiger partial charge in [-0.3, -0.25) is 4.79 Å². The zero-order chi connectivity index (χ0) is 16.8. The predicted molar refractivity (Wildman–Crippen MR) is 87.5 cm³/mol. The Kier molecular flexibility index (Phi) is 5.50. The summed E-state index contributed by atoms with van der Waals surface area (Å²) in [4.78, 5) is 24.3. The molecule has 0 aliphatic carbocycles. The minimum absolute atomic E-state index is 0.356. The zero-order valence-electron chi connectivity index (χ0n) is 12.2. The molecule has 6 heteroatoms. The number of carbonyl (C=O) groups excluding carboxylic acids is 2. The van der Waals surface area contributed by atoms with E-state index < -0.39 is 17.9 Å². The van der Waals surface area contributed by atoms with Gasteiger partial charge < -0.3 is 10.1 Å². The molecule has 0 spiro atoms. The van der Waals surface area contributed by atoms with Crippen LogP contribution in [0.2, 0.25) is 0 Å². The molecule has 0 heterocycles. The van der Waals surface area contributed by atoms with E-state index in [0.717, 1.165) is 4.47 Å². The molecule has 116 valence electrons. The number of halogens is 1. The lowest BCUT2D eigenvalue weighted by atomic mass is 10.1. The maximum atomic E-state index is 12.3. The van der Waals surface area contributed by atoms with Crippen LogP contribution in [0.25, 0.3) is 0 Å². The number of benzene rings is 2. The van der Waals surface area contributed by atoms with Crippen LogP contribution in [0.1, 0.15) is 27.5 Å². The predicted octanol–water partition coefficient (Wildman–Crippen LogP) is 2.96. The lowest BCUT2D eigenvalue weighted by molar-refractivity contribution is -0.143. The molecule has 0 aromatic heterocycles. The fourth-order valence-electron chi connectivity index (χ4n) is 1.96. The van der Waals surface area contributed by atoms with E-state index in [9.17, 15) is 9.59 Å². The molecule has 2 aromatic carbocycles. The average molecular weight is 373 g/mol. The fraction of sp³-hybridized carbons (Fsp3) is 0.118. The van der Waals surface area contributed by atoms with E-state index >= 15 is 0 Å². The van der Waals surface area contributed by atoms with Gasteiger partial charge in [0, 0.05) is 10.0 Å². The van der Waals surface area contributed by atoms with E-state index in [1.54, 1.807) is 36.4 Å². The van der Waals surface area contributed by atoms with Gasteiger partial charge in [0.05, 0.1) is 18.7 Å². The molecular weight excluding hydrogens is 360 g/mol. The number of nitrogens with one attached hydrogen (secondary N) is 1. The van der Waals surface area contributed by atoms with E-state index in [4.69, 9.17) is 10.00 Å². The average Bonchev–Trinajstić information content (AvgIpc) is 2.59. The highest BCUT2D eigenvalue weighted by Gasteiger charge is 2.24. The van der Waals surface area contributed by atoms with E-state index in [-0.39, 0.29) is 0 Å². The Hall–Kier alpha value is -2.65. The zero-order valence-corrected chi connectivity index (χ0v) is 13.8. The topological polar surface area (TPSA) is 79.2 Å². The van der Waals surface area contributed by atoms with Crippen LogP contribution in [-0.4, -0.2) is 19.0 Å². The molecule has 1 amide bonds. The van der Waals surface area contributed by atoms with Crippen LogP contribution in [-0.2, 0) is 9.53 Å². The number of ether oxygens (including phenoxy) is 1. The summed E-state index contributed by atoms with van der Waals surface area (Å²) < 4.78 is 5.63. The van der Waals surface area contributed by atoms with Crippen LogP contribution in [0.3, 0.4) is 0 Å². The molecule has 1 atom stereocenters. The second-order valence-corrected chi connectivity index (χ2v) is 5.59. The van der Waals surface area contributed by atoms with Gasteiger partial charge in [-0.25, -0.2) is 4.79 Å². The molecule has 0 radical (unpaired) electrons. The first-order valence-corrected chi connectivity index (χ1v) is 7.48. The summed E-state index contributed by atoms with van der Waals surface area (Å²) in [5, 5.41) is 11.4. The fourth-order valence-corrected chi connectivity index (χ4v) is 2.23. The largest absolute Gasteiger partial charge is 0.467 e. The van der Waals surface area contributed by atoms with Crippen molar-refractivity contribution < 1.29 is 14.3 Å². The van der Waals surface area contributed by atoms with Crippen molar-refractivity contribution in [1.82, 2.24) is 5.32 Å². The number of esters is 1. The van der Waals surface area contributed by atoms with Crippen molar-refractivity contribution in [2.24, 2.45) is 0 Å². The maximum Gasteiger partial charge on any atom is 0.333 e. The second kappa shape index (κ2) is 7.56. The number of nitrogens with zero attached hydrogens (tertiary/aromatic N) is 1. The third-order valence-electron chi connectivity index (χ3n) is 3.19. The molecule has 0 aliphatic heterocycles. The van der Waals surface area contributed by atoms with E-state index in [0.29, 0.717) is 16.7 Å². The Balaban J connectivity index is 2.23. The minimum atomic E-state index is -0.906. The van der Waals surface area contributed by atoms with Crippen LogP contribution < -0.4 is 5.32 Å². The van der Waals surface area contributed by atoms with Gasteiger partial charge in [0.25, 0.3) is 5.91 Å². The molecule has 23 heavy (non-hydrogen) atoms. The van der Waals surface area contributed by atoms with Crippen molar-refractivity contribution in [3.05, 3.63) is 69.7 Å². The van der Waals surface area contributed by atoms with Gasteiger partial charge in [-0.2, -0.15) is 5.26 Å². The molecule has 2 aromatic rings. The van der Waals surface area contributed by atoms with E-state index in [1.165, 1.54) is 19.2 Å². The highest BCUT2D eigenvalue weighted by molar-refractivity contribution is 9.10. The van der Waals surface area contributed by atoms with Crippen LogP contribution in [0.4, 0.5) is 0 Å². The minimum Gasteiger partial charge on any atom is -0.467 e. The summed E-state index contributed by atoms with van der Waals surface area (Å²) in [6.45, 7) is 0. The lowest BCUT2D eigenvalue weighted by Crippen LogP contribution is -2.34. The summed E-state index contributed by atoms with van der Waals surface area (Å²) in [5.41, 5.74) is 1.43. The van der Waals surface area contributed by atoms with Crippen LogP contribution in [0, 0.1) is 11.3 Å². The Bertz CT molecular complexity index is 749. The molecule has 0 aliphatic rings. The summed E-state index contributed by atoms with van der Waals surface area (Å²) >= 11 is 3.32. The van der Waals surface area contributed by atoms with E-state index in [2.05, 4.69) is 21.2 Å². The Morgan fingerprint density at radius 3 is 2.26 bits per heavy atom. The van der Waals surface area contributed by atoms with Crippen molar-refractivity contribution in [2.75, 3.05) is 7.11 Å².